The Bertz CT molecular complexity index is 520. The van der Waals surface area contributed by atoms with Crippen LogP contribution in [-0.4, -0.2) is 10.7 Å². The summed E-state index contributed by atoms with van der Waals surface area (Å²) >= 11 is 0. The molecule has 1 aromatic carbocycles. The van der Waals surface area contributed by atoms with Crippen LogP contribution in [0, 0.1) is 28.5 Å². The molecule has 3 heteroatoms. The number of nitrogens with zero attached hydrogens (tertiary/aromatic N) is 1. The van der Waals surface area contributed by atoms with E-state index in [4.69, 9.17) is 0 Å². The van der Waals surface area contributed by atoms with Gasteiger partial charge in [0, 0.05) is 6.42 Å². The number of hydrogen-bond donors (Lipinski definition) is 1. The molecule has 0 saturated heterocycles. The van der Waals surface area contributed by atoms with Gasteiger partial charge in [-0.2, -0.15) is 5.26 Å². The molecule has 0 aromatic heterocycles. The summed E-state index contributed by atoms with van der Waals surface area (Å²) in [4.78, 5) is 0. The quantitative estimate of drug-likeness (QED) is 0.910. The molecule has 108 valence electrons. The number of nitriles is 1. The van der Waals surface area contributed by atoms with Gasteiger partial charge in [0.2, 0.25) is 0 Å². The number of benzene rings is 1. The molecule has 1 saturated carbocycles. The molecule has 1 fully saturated rings. The standard InChI is InChI=1S/C17H22FNO/c1-13-5-4-8-17(10-13,12-19)16(2,20)11-14-6-3-7-15(18)9-14/h3,6-7,9,13,20H,4-5,8,10-11H2,1-2H3. The molecule has 3 unspecified atom stereocenters. The normalized spacial score (nSPS) is 29.4. The smallest absolute Gasteiger partial charge is 0.123 e. The maximum Gasteiger partial charge on any atom is 0.123 e. The van der Waals surface area contributed by atoms with E-state index in [2.05, 4.69) is 13.0 Å². The molecular weight excluding hydrogens is 253 g/mol. The van der Waals surface area contributed by atoms with Crippen molar-refractivity contribution in [2.45, 2.75) is 51.6 Å². The SMILES string of the molecule is CC1CCCC(C#N)(C(C)(O)Cc2cccc(F)c2)C1. The highest BCUT2D eigenvalue weighted by molar-refractivity contribution is 5.22. The summed E-state index contributed by atoms with van der Waals surface area (Å²) in [5, 5.41) is 20.6. The van der Waals surface area contributed by atoms with Gasteiger partial charge in [0.05, 0.1) is 17.1 Å². The lowest BCUT2D eigenvalue weighted by atomic mass is 9.61. The van der Waals surface area contributed by atoms with Gasteiger partial charge in [0.15, 0.2) is 0 Å². The first-order valence-electron chi connectivity index (χ1n) is 7.27. The van der Waals surface area contributed by atoms with E-state index in [1.165, 1.54) is 12.1 Å². The van der Waals surface area contributed by atoms with Crippen LogP contribution in [0.5, 0.6) is 0 Å². The molecule has 3 atom stereocenters. The number of aliphatic hydroxyl groups is 1. The third kappa shape index (κ3) is 2.86. The van der Waals surface area contributed by atoms with Crippen LogP contribution in [0.3, 0.4) is 0 Å². The van der Waals surface area contributed by atoms with Gasteiger partial charge in [-0.05, 0) is 43.4 Å². The Morgan fingerprint density at radius 3 is 2.90 bits per heavy atom. The Hall–Kier alpha value is -1.40. The Morgan fingerprint density at radius 2 is 2.30 bits per heavy atom. The largest absolute Gasteiger partial charge is 0.388 e. The molecule has 0 amide bonds. The van der Waals surface area contributed by atoms with Gasteiger partial charge in [-0.15, -0.1) is 0 Å². The van der Waals surface area contributed by atoms with E-state index in [1.54, 1.807) is 19.1 Å². The molecule has 1 aromatic rings. The molecule has 2 nitrogen and oxygen atoms in total. The van der Waals surface area contributed by atoms with E-state index in [-0.39, 0.29) is 5.82 Å². The highest BCUT2D eigenvalue weighted by atomic mass is 19.1. The number of halogens is 1. The molecule has 0 radical (unpaired) electrons. The molecule has 1 aliphatic carbocycles. The predicted molar refractivity (Wildman–Crippen MR) is 76.4 cm³/mol. The average Bonchev–Trinajstić information content (AvgIpc) is 2.37. The lowest BCUT2D eigenvalue weighted by Crippen LogP contribution is -2.49. The van der Waals surface area contributed by atoms with Crippen LogP contribution in [0.2, 0.25) is 0 Å². The molecule has 20 heavy (non-hydrogen) atoms. The van der Waals surface area contributed by atoms with Crippen LogP contribution in [-0.2, 0) is 6.42 Å². The fourth-order valence-electron chi connectivity index (χ4n) is 3.48. The van der Waals surface area contributed by atoms with Gasteiger partial charge >= 0.3 is 0 Å². The van der Waals surface area contributed by atoms with Crippen LogP contribution < -0.4 is 0 Å². The van der Waals surface area contributed by atoms with Gasteiger partial charge in [0.1, 0.15) is 5.82 Å². The lowest BCUT2D eigenvalue weighted by molar-refractivity contribution is -0.0655. The van der Waals surface area contributed by atoms with Crippen molar-refractivity contribution in [3.05, 3.63) is 35.6 Å². The first-order valence-corrected chi connectivity index (χ1v) is 7.27. The topological polar surface area (TPSA) is 44.0 Å². The van der Waals surface area contributed by atoms with E-state index >= 15 is 0 Å². The van der Waals surface area contributed by atoms with Crippen molar-refractivity contribution >= 4 is 0 Å². The molecule has 0 heterocycles. The predicted octanol–water partition coefficient (Wildman–Crippen LogP) is 3.84. The molecule has 2 rings (SSSR count). The highest BCUT2D eigenvalue weighted by Gasteiger charge is 2.49. The molecule has 0 spiro atoms. The van der Waals surface area contributed by atoms with Crippen molar-refractivity contribution in [2.75, 3.05) is 0 Å². The zero-order valence-electron chi connectivity index (χ0n) is 12.2. The van der Waals surface area contributed by atoms with E-state index in [1.807, 2.05) is 0 Å². The lowest BCUT2D eigenvalue weighted by Gasteiger charge is -2.45. The molecule has 1 aliphatic rings. The summed E-state index contributed by atoms with van der Waals surface area (Å²) in [6, 6.07) is 8.65. The van der Waals surface area contributed by atoms with E-state index in [0.29, 0.717) is 18.8 Å². The Morgan fingerprint density at radius 1 is 1.55 bits per heavy atom. The monoisotopic (exact) mass is 275 g/mol. The van der Waals surface area contributed by atoms with E-state index in [9.17, 15) is 14.8 Å². The van der Waals surface area contributed by atoms with E-state index in [0.717, 1.165) is 24.8 Å². The zero-order valence-corrected chi connectivity index (χ0v) is 12.2. The van der Waals surface area contributed by atoms with Crippen molar-refractivity contribution in [2.24, 2.45) is 11.3 Å². The third-order valence-corrected chi connectivity index (χ3v) is 4.68. The van der Waals surface area contributed by atoms with Crippen molar-refractivity contribution < 1.29 is 9.50 Å². The Balaban J connectivity index is 2.25. The van der Waals surface area contributed by atoms with Crippen molar-refractivity contribution in [3.63, 3.8) is 0 Å². The number of hydrogen-bond acceptors (Lipinski definition) is 2. The second kappa shape index (κ2) is 5.54. The average molecular weight is 275 g/mol. The zero-order chi connectivity index (χ0) is 14.8. The Labute approximate surface area is 120 Å². The minimum absolute atomic E-state index is 0.304. The van der Waals surface area contributed by atoms with Crippen molar-refractivity contribution in [3.8, 4) is 6.07 Å². The van der Waals surface area contributed by atoms with Crippen molar-refractivity contribution in [1.82, 2.24) is 0 Å². The summed E-state index contributed by atoms with van der Waals surface area (Å²) in [5.74, 6) is 0.142. The fourth-order valence-corrected chi connectivity index (χ4v) is 3.48. The van der Waals surface area contributed by atoms with E-state index < -0.39 is 11.0 Å². The van der Waals surface area contributed by atoms with Crippen LogP contribution >= 0.6 is 0 Å². The molecule has 0 bridgehead atoms. The fraction of sp³-hybridized carbons (Fsp3) is 0.588. The van der Waals surface area contributed by atoms with Gasteiger partial charge in [-0.3, -0.25) is 0 Å². The number of rotatable bonds is 3. The molecule has 1 N–H and O–H groups in total. The Kier molecular flexibility index (Phi) is 4.15. The molecule has 0 aliphatic heterocycles. The molecular formula is C17H22FNO. The van der Waals surface area contributed by atoms with Crippen molar-refractivity contribution in [1.29, 1.82) is 5.26 Å². The summed E-state index contributed by atoms with van der Waals surface area (Å²) in [5.41, 5.74) is -1.12. The third-order valence-electron chi connectivity index (χ3n) is 4.68. The summed E-state index contributed by atoms with van der Waals surface area (Å²) in [6.45, 7) is 3.85. The first-order chi connectivity index (χ1) is 9.38. The first kappa shape index (κ1) is 15.0. The van der Waals surface area contributed by atoms with Crippen LogP contribution in [0.15, 0.2) is 24.3 Å². The van der Waals surface area contributed by atoms with Gasteiger partial charge in [-0.25, -0.2) is 4.39 Å². The van der Waals surface area contributed by atoms with Crippen LogP contribution in [0.4, 0.5) is 4.39 Å². The van der Waals surface area contributed by atoms with Gasteiger partial charge < -0.3 is 5.11 Å². The summed E-state index contributed by atoms with van der Waals surface area (Å²) < 4.78 is 13.3. The second-order valence-electron chi connectivity index (χ2n) is 6.48. The highest BCUT2D eigenvalue weighted by Crippen LogP contribution is 2.47. The maximum absolute atomic E-state index is 13.3. The van der Waals surface area contributed by atoms with Crippen LogP contribution in [0.25, 0.3) is 0 Å². The summed E-state index contributed by atoms with van der Waals surface area (Å²) in [7, 11) is 0. The minimum atomic E-state index is -1.13. The minimum Gasteiger partial charge on any atom is -0.388 e. The maximum atomic E-state index is 13.3. The summed E-state index contributed by atoms with van der Waals surface area (Å²) in [6.07, 6.45) is 3.82. The van der Waals surface area contributed by atoms with Gasteiger partial charge in [0.25, 0.3) is 0 Å². The second-order valence-corrected chi connectivity index (χ2v) is 6.48. The van der Waals surface area contributed by atoms with Gasteiger partial charge in [-0.1, -0.05) is 31.9 Å². The van der Waals surface area contributed by atoms with Crippen LogP contribution in [0.1, 0.15) is 45.1 Å².